The SMILES string of the molecule is CCOCC1CNCCc2cc(Cl)c(C(=O)N(C)C)cc21. The standard InChI is InChI=1S/C16H23ClN2O2/c1-4-21-10-12-9-18-6-5-11-7-15(17)14(8-13(11)12)16(20)19(2)3/h7-8,12,18H,4-6,9-10H2,1-3H3. The van der Waals surface area contributed by atoms with E-state index in [1.807, 2.05) is 19.1 Å². The van der Waals surface area contributed by atoms with Crippen LogP contribution in [0.15, 0.2) is 12.1 Å². The molecule has 2 rings (SSSR count). The molecule has 0 saturated heterocycles. The molecule has 1 amide bonds. The van der Waals surface area contributed by atoms with E-state index >= 15 is 0 Å². The zero-order chi connectivity index (χ0) is 15.4. The van der Waals surface area contributed by atoms with E-state index in [1.165, 1.54) is 11.1 Å². The molecule has 0 aliphatic carbocycles. The number of amides is 1. The van der Waals surface area contributed by atoms with Crippen LogP contribution in [0, 0.1) is 0 Å². The molecule has 21 heavy (non-hydrogen) atoms. The normalized spacial score (nSPS) is 18.0. The fourth-order valence-electron chi connectivity index (χ4n) is 2.65. The minimum absolute atomic E-state index is 0.0600. The molecule has 4 nitrogen and oxygen atoms in total. The van der Waals surface area contributed by atoms with Gasteiger partial charge in [-0.15, -0.1) is 0 Å². The first-order valence-electron chi connectivity index (χ1n) is 7.37. The van der Waals surface area contributed by atoms with E-state index < -0.39 is 0 Å². The molecular weight excluding hydrogens is 288 g/mol. The summed E-state index contributed by atoms with van der Waals surface area (Å²) in [6, 6.07) is 3.90. The lowest BCUT2D eigenvalue weighted by Crippen LogP contribution is -2.24. The number of fused-ring (bicyclic) bond motifs is 1. The highest BCUT2D eigenvalue weighted by atomic mass is 35.5. The predicted octanol–water partition coefficient (Wildman–Crippen LogP) is 2.31. The van der Waals surface area contributed by atoms with E-state index in [2.05, 4.69) is 5.32 Å². The Kier molecular flexibility index (Phi) is 5.62. The first-order valence-corrected chi connectivity index (χ1v) is 7.74. The van der Waals surface area contributed by atoms with Crippen molar-refractivity contribution < 1.29 is 9.53 Å². The van der Waals surface area contributed by atoms with Gasteiger partial charge in [-0.05, 0) is 43.1 Å². The molecule has 0 spiro atoms. The largest absolute Gasteiger partial charge is 0.381 e. The molecule has 116 valence electrons. The number of nitrogens with zero attached hydrogens (tertiary/aromatic N) is 1. The van der Waals surface area contributed by atoms with Crippen LogP contribution in [0.2, 0.25) is 5.02 Å². The van der Waals surface area contributed by atoms with Gasteiger partial charge in [-0.1, -0.05) is 11.6 Å². The summed E-state index contributed by atoms with van der Waals surface area (Å²) in [5.74, 6) is 0.198. The summed E-state index contributed by atoms with van der Waals surface area (Å²) >= 11 is 6.31. The summed E-state index contributed by atoms with van der Waals surface area (Å²) in [5, 5.41) is 3.96. The van der Waals surface area contributed by atoms with Crippen molar-refractivity contribution in [1.82, 2.24) is 10.2 Å². The zero-order valence-electron chi connectivity index (χ0n) is 12.9. The summed E-state index contributed by atoms with van der Waals surface area (Å²) in [4.78, 5) is 13.8. The predicted molar refractivity (Wildman–Crippen MR) is 85.3 cm³/mol. The van der Waals surface area contributed by atoms with Crippen molar-refractivity contribution in [3.05, 3.63) is 33.8 Å². The van der Waals surface area contributed by atoms with Gasteiger partial charge in [0, 0.05) is 33.2 Å². The minimum Gasteiger partial charge on any atom is -0.381 e. The van der Waals surface area contributed by atoms with Crippen molar-refractivity contribution in [3.8, 4) is 0 Å². The van der Waals surface area contributed by atoms with Gasteiger partial charge in [0.15, 0.2) is 0 Å². The van der Waals surface area contributed by atoms with Crippen molar-refractivity contribution in [2.75, 3.05) is 40.4 Å². The Balaban J connectivity index is 2.41. The van der Waals surface area contributed by atoms with Crippen molar-refractivity contribution in [2.45, 2.75) is 19.3 Å². The van der Waals surface area contributed by atoms with Crippen LogP contribution < -0.4 is 5.32 Å². The Bertz CT molecular complexity index is 517. The number of ether oxygens (including phenoxy) is 1. The monoisotopic (exact) mass is 310 g/mol. The average Bonchev–Trinajstić information content (AvgIpc) is 2.65. The van der Waals surface area contributed by atoms with Gasteiger partial charge in [0.1, 0.15) is 0 Å². The number of nitrogens with one attached hydrogen (secondary N) is 1. The van der Waals surface area contributed by atoms with E-state index in [0.29, 0.717) is 23.8 Å². The first-order chi connectivity index (χ1) is 10.0. The van der Waals surface area contributed by atoms with Gasteiger partial charge in [-0.25, -0.2) is 0 Å². The van der Waals surface area contributed by atoms with Crippen LogP contribution in [0.1, 0.15) is 34.3 Å². The molecule has 1 aliphatic heterocycles. The molecular formula is C16H23ClN2O2. The Morgan fingerprint density at radius 3 is 2.90 bits per heavy atom. The number of hydrogen-bond acceptors (Lipinski definition) is 3. The molecule has 0 saturated carbocycles. The van der Waals surface area contributed by atoms with Crippen molar-refractivity contribution in [3.63, 3.8) is 0 Å². The minimum atomic E-state index is -0.0600. The van der Waals surface area contributed by atoms with Gasteiger partial charge in [-0.2, -0.15) is 0 Å². The fraction of sp³-hybridized carbons (Fsp3) is 0.562. The van der Waals surface area contributed by atoms with Crippen LogP contribution in [-0.4, -0.2) is 51.2 Å². The van der Waals surface area contributed by atoms with Gasteiger partial charge in [-0.3, -0.25) is 4.79 Å². The Morgan fingerprint density at radius 1 is 1.48 bits per heavy atom. The Morgan fingerprint density at radius 2 is 2.24 bits per heavy atom. The van der Waals surface area contributed by atoms with E-state index in [1.54, 1.807) is 19.0 Å². The topological polar surface area (TPSA) is 41.6 Å². The molecule has 1 unspecified atom stereocenters. The molecule has 1 aromatic rings. The second-order valence-corrected chi connectivity index (χ2v) is 5.95. The molecule has 0 aromatic heterocycles. The van der Waals surface area contributed by atoms with Gasteiger partial charge < -0.3 is 15.0 Å². The Labute approximate surface area is 131 Å². The highest BCUT2D eigenvalue weighted by molar-refractivity contribution is 6.34. The maximum absolute atomic E-state index is 12.3. The molecule has 1 aliphatic rings. The highest BCUT2D eigenvalue weighted by Crippen LogP contribution is 2.29. The third-order valence-electron chi connectivity index (χ3n) is 3.79. The molecule has 1 aromatic carbocycles. The summed E-state index contributed by atoms with van der Waals surface area (Å²) in [6.45, 7) is 5.14. The molecule has 0 radical (unpaired) electrons. The van der Waals surface area contributed by atoms with Gasteiger partial charge in [0.2, 0.25) is 0 Å². The zero-order valence-corrected chi connectivity index (χ0v) is 13.7. The van der Waals surface area contributed by atoms with Gasteiger partial charge in [0.25, 0.3) is 5.91 Å². The Hall–Kier alpha value is -1.10. The lowest BCUT2D eigenvalue weighted by molar-refractivity contribution is 0.0827. The van der Waals surface area contributed by atoms with E-state index in [4.69, 9.17) is 16.3 Å². The van der Waals surface area contributed by atoms with Crippen molar-refractivity contribution in [1.29, 1.82) is 0 Å². The smallest absolute Gasteiger partial charge is 0.254 e. The lowest BCUT2D eigenvalue weighted by atomic mass is 9.92. The molecule has 1 heterocycles. The molecule has 1 N–H and O–H groups in total. The van der Waals surface area contributed by atoms with E-state index in [0.717, 1.165) is 19.5 Å². The van der Waals surface area contributed by atoms with Crippen LogP contribution in [0.5, 0.6) is 0 Å². The highest BCUT2D eigenvalue weighted by Gasteiger charge is 2.23. The van der Waals surface area contributed by atoms with E-state index in [-0.39, 0.29) is 11.8 Å². The summed E-state index contributed by atoms with van der Waals surface area (Å²) in [6.07, 6.45) is 0.925. The maximum Gasteiger partial charge on any atom is 0.254 e. The lowest BCUT2D eigenvalue weighted by Gasteiger charge is -2.20. The first kappa shape index (κ1) is 16.3. The van der Waals surface area contributed by atoms with Crippen LogP contribution in [0.4, 0.5) is 0 Å². The fourth-order valence-corrected chi connectivity index (χ4v) is 2.92. The van der Waals surface area contributed by atoms with Crippen molar-refractivity contribution in [2.24, 2.45) is 0 Å². The maximum atomic E-state index is 12.3. The number of carbonyl (C=O) groups is 1. The number of carbonyl (C=O) groups excluding carboxylic acids is 1. The second-order valence-electron chi connectivity index (χ2n) is 5.54. The van der Waals surface area contributed by atoms with E-state index in [9.17, 15) is 4.79 Å². The van der Waals surface area contributed by atoms with Crippen LogP contribution in [0.3, 0.4) is 0 Å². The van der Waals surface area contributed by atoms with Crippen LogP contribution in [-0.2, 0) is 11.2 Å². The number of rotatable bonds is 4. The second kappa shape index (κ2) is 7.25. The molecule has 5 heteroatoms. The van der Waals surface area contributed by atoms with Gasteiger partial charge in [0.05, 0.1) is 17.2 Å². The number of benzene rings is 1. The molecule has 0 fully saturated rings. The third-order valence-corrected chi connectivity index (χ3v) is 4.10. The van der Waals surface area contributed by atoms with Crippen molar-refractivity contribution >= 4 is 17.5 Å². The number of halogens is 1. The summed E-state index contributed by atoms with van der Waals surface area (Å²) in [7, 11) is 3.48. The summed E-state index contributed by atoms with van der Waals surface area (Å²) < 4.78 is 5.60. The van der Waals surface area contributed by atoms with Crippen LogP contribution in [0.25, 0.3) is 0 Å². The molecule has 0 bridgehead atoms. The van der Waals surface area contributed by atoms with Gasteiger partial charge >= 0.3 is 0 Å². The van der Waals surface area contributed by atoms with Crippen LogP contribution >= 0.6 is 11.6 Å². The average molecular weight is 311 g/mol. The number of hydrogen-bond donors (Lipinski definition) is 1. The molecule has 1 atom stereocenters. The summed E-state index contributed by atoms with van der Waals surface area (Å²) in [5.41, 5.74) is 2.97. The quantitative estimate of drug-likeness (QED) is 0.928. The third kappa shape index (κ3) is 3.76.